The van der Waals surface area contributed by atoms with Gasteiger partial charge in [0.15, 0.2) is 0 Å². The first-order valence-corrected chi connectivity index (χ1v) is 9.49. The molecule has 3 heterocycles. The first kappa shape index (κ1) is 19.4. The molecule has 0 unspecified atom stereocenters. The molecule has 0 saturated carbocycles. The summed E-state index contributed by atoms with van der Waals surface area (Å²) in [6, 6.07) is 6.57. The molecule has 1 aromatic carbocycles. The van der Waals surface area contributed by atoms with Gasteiger partial charge in [-0.3, -0.25) is 9.88 Å². The van der Waals surface area contributed by atoms with Gasteiger partial charge in [0.25, 0.3) is 0 Å². The van der Waals surface area contributed by atoms with E-state index >= 15 is 0 Å². The number of ether oxygens (including phenoxy) is 1. The molecule has 29 heavy (non-hydrogen) atoms. The van der Waals surface area contributed by atoms with Gasteiger partial charge in [-0.1, -0.05) is 12.1 Å². The summed E-state index contributed by atoms with van der Waals surface area (Å²) in [5, 5.41) is 0. The van der Waals surface area contributed by atoms with E-state index in [0.29, 0.717) is 36.1 Å². The van der Waals surface area contributed by atoms with Crippen molar-refractivity contribution >= 4 is 5.95 Å². The van der Waals surface area contributed by atoms with Crippen molar-refractivity contribution in [1.29, 1.82) is 0 Å². The first-order chi connectivity index (χ1) is 14.1. The van der Waals surface area contributed by atoms with Crippen LogP contribution in [-0.2, 0) is 11.3 Å². The van der Waals surface area contributed by atoms with Crippen molar-refractivity contribution < 1.29 is 9.13 Å². The van der Waals surface area contributed by atoms with E-state index in [1.54, 1.807) is 30.6 Å². The highest BCUT2D eigenvalue weighted by Crippen LogP contribution is 2.25. The Morgan fingerprint density at radius 1 is 1.14 bits per heavy atom. The Kier molecular flexibility index (Phi) is 5.73. The maximum absolute atomic E-state index is 14.1. The van der Waals surface area contributed by atoms with E-state index in [2.05, 4.69) is 24.8 Å². The quantitative estimate of drug-likeness (QED) is 0.659. The zero-order chi connectivity index (χ0) is 20.2. The molecule has 0 bridgehead atoms. The van der Waals surface area contributed by atoms with E-state index in [1.807, 2.05) is 31.4 Å². The fourth-order valence-corrected chi connectivity index (χ4v) is 3.28. The van der Waals surface area contributed by atoms with E-state index in [9.17, 15) is 4.39 Å². The molecule has 0 N–H and O–H groups in total. The third kappa shape index (κ3) is 4.55. The molecule has 0 radical (unpaired) electrons. The fourth-order valence-electron chi connectivity index (χ4n) is 3.28. The van der Waals surface area contributed by atoms with Gasteiger partial charge >= 0.3 is 0 Å². The smallest absolute Gasteiger partial charge is 0.224 e. The normalized spacial score (nSPS) is 17.3. The van der Waals surface area contributed by atoms with Crippen LogP contribution in [0.1, 0.15) is 17.4 Å². The predicted octanol–water partition coefficient (Wildman–Crippen LogP) is 2.71. The van der Waals surface area contributed by atoms with Crippen molar-refractivity contribution in [2.75, 3.05) is 38.7 Å². The lowest BCUT2D eigenvalue weighted by molar-refractivity contribution is -0.0351. The number of rotatable bonds is 5. The summed E-state index contributed by atoms with van der Waals surface area (Å²) in [6.07, 6.45) is 6.75. The summed E-state index contributed by atoms with van der Waals surface area (Å²) in [6.45, 7) is 2.80. The molecule has 1 atom stereocenters. The van der Waals surface area contributed by atoms with Gasteiger partial charge in [-0.25, -0.2) is 19.3 Å². The van der Waals surface area contributed by atoms with E-state index in [0.717, 1.165) is 18.7 Å². The zero-order valence-corrected chi connectivity index (χ0v) is 16.5. The monoisotopic (exact) mass is 394 g/mol. The number of morpholine rings is 1. The maximum atomic E-state index is 14.1. The summed E-state index contributed by atoms with van der Waals surface area (Å²) in [4.78, 5) is 21.8. The van der Waals surface area contributed by atoms with Crippen LogP contribution in [0.3, 0.4) is 0 Å². The number of anilines is 1. The molecule has 1 aliphatic heterocycles. The van der Waals surface area contributed by atoms with Crippen LogP contribution in [0.5, 0.6) is 0 Å². The Labute approximate surface area is 169 Å². The minimum Gasteiger partial charge on any atom is -0.369 e. The maximum Gasteiger partial charge on any atom is 0.224 e. The number of hydrogen-bond donors (Lipinski definition) is 0. The van der Waals surface area contributed by atoms with Crippen LogP contribution in [0, 0.1) is 5.82 Å². The van der Waals surface area contributed by atoms with Gasteiger partial charge in [0, 0.05) is 57.3 Å². The van der Waals surface area contributed by atoms with Crippen molar-refractivity contribution in [2.24, 2.45) is 0 Å². The molecule has 0 spiro atoms. The molecule has 1 aliphatic rings. The van der Waals surface area contributed by atoms with Gasteiger partial charge in [0.2, 0.25) is 5.95 Å². The van der Waals surface area contributed by atoms with Crippen molar-refractivity contribution in [2.45, 2.75) is 12.6 Å². The number of benzene rings is 1. The first-order valence-electron chi connectivity index (χ1n) is 9.49. The topological polar surface area (TPSA) is 67.3 Å². The average Bonchev–Trinajstić information content (AvgIpc) is 2.75. The summed E-state index contributed by atoms with van der Waals surface area (Å²) in [5.41, 5.74) is 2.69. The average molecular weight is 394 g/mol. The van der Waals surface area contributed by atoms with Crippen LogP contribution in [-0.4, -0.2) is 58.6 Å². The van der Waals surface area contributed by atoms with Gasteiger partial charge in [-0.2, -0.15) is 0 Å². The highest BCUT2D eigenvalue weighted by molar-refractivity contribution is 5.58. The molecule has 1 saturated heterocycles. The van der Waals surface area contributed by atoms with Crippen LogP contribution in [0.25, 0.3) is 11.3 Å². The lowest BCUT2D eigenvalue weighted by Crippen LogP contribution is -2.38. The van der Waals surface area contributed by atoms with Gasteiger partial charge in [0.05, 0.1) is 30.4 Å². The molecular formula is C21H23FN6O. The summed E-state index contributed by atoms with van der Waals surface area (Å²) in [7, 11) is 3.83. The molecule has 2 aromatic heterocycles. The van der Waals surface area contributed by atoms with Crippen molar-refractivity contribution in [3.05, 3.63) is 66.1 Å². The molecule has 3 aromatic rings. The highest BCUT2D eigenvalue weighted by atomic mass is 19.1. The van der Waals surface area contributed by atoms with Crippen LogP contribution in [0.4, 0.5) is 10.3 Å². The number of nitrogens with zero attached hydrogens (tertiary/aromatic N) is 6. The third-order valence-corrected chi connectivity index (χ3v) is 4.78. The fraction of sp³-hybridized carbons (Fsp3) is 0.333. The van der Waals surface area contributed by atoms with Crippen LogP contribution in [0.15, 0.2) is 49.1 Å². The van der Waals surface area contributed by atoms with Gasteiger partial charge in [0.1, 0.15) is 11.9 Å². The molecule has 150 valence electrons. The Morgan fingerprint density at radius 2 is 1.93 bits per heavy atom. The lowest BCUT2D eigenvalue weighted by Gasteiger charge is -2.32. The van der Waals surface area contributed by atoms with Gasteiger partial charge in [-0.15, -0.1) is 0 Å². The largest absolute Gasteiger partial charge is 0.369 e. The number of halogens is 1. The van der Waals surface area contributed by atoms with Crippen LogP contribution < -0.4 is 4.90 Å². The van der Waals surface area contributed by atoms with Crippen molar-refractivity contribution in [3.8, 4) is 11.3 Å². The molecular weight excluding hydrogens is 371 g/mol. The number of hydrogen-bond acceptors (Lipinski definition) is 7. The Bertz CT molecular complexity index is 965. The molecule has 1 fully saturated rings. The van der Waals surface area contributed by atoms with E-state index in [1.165, 1.54) is 6.07 Å². The minimum absolute atomic E-state index is 0.218. The Balaban J connectivity index is 1.47. The minimum atomic E-state index is -0.314. The second-order valence-electron chi connectivity index (χ2n) is 7.19. The summed E-state index contributed by atoms with van der Waals surface area (Å²) >= 11 is 0. The molecule has 0 aliphatic carbocycles. The Hall–Kier alpha value is -2.97. The SMILES string of the molecule is CN(C)c1ncc(CN2CCO[C@H](c3cncc(-c4ccccc4F)n3)C2)cn1. The number of aromatic nitrogens is 4. The summed E-state index contributed by atoms with van der Waals surface area (Å²) in [5.74, 6) is 0.375. The second kappa shape index (κ2) is 8.59. The van der Waals surface area contributed by atoms with E-state index < -0.39 is 0 Å². The van der Waals surface area contributed by atoms with Crippen molar-refractivity contribution in [1.82, 2.24) is 24.8 Å². The molecule has 7 nitrogen and oxygen atoms in total. The molecule has 4 rings (SSSR count). The third-order valence-electron chi connectivity index (χ3n) is 4.78. The zero-order valence-electron chi connectivity index (χ0n) is 16.5. The van der Waals surface area contributed by atoms with Gasteiger partial charge < -0.3 is 9.64 Å². The van der Waals surface area contributed by atoms with Crippen molar-refractivity contribution in [3.63, 3.8) is 0 Å². The molecule has 0 amide bonds. The molecule has 8 heteroatoms. The predicted molar refractivity (Wildman–Crippen MR) is 108 cm³/mol. The van der Waals surface area contributed by atoms with Crippen LogP contribution in [0.2, 0.25) is 0 Å². The highest BCUT2D eigenvalue weighted by Gasteiger charge is 2.24. The summed E-state index contributed by atoms with van der Waals surface area (Å²) < 4.78 is 20.0. The van der Waals surface area contributed by atoms with Gasteiger partial charge in [-0.05, 0) is 12.1 Å². The van der Waals surface area contributed by atoms with E-state index in [-0.39, 0.29) is 11.9 Å². The lowest BCUT2D eigenvalue weighted by atomic mass is 10.1. The second-order valence-corrected chi connectivity index (χ2v) is 7.19. The Morgan fingerprint density at radius 3 is 2.69 bits per heavy atom. The van der Waals surface area contributed by atoms with Crippen LogP contribution >= 0.6 is 0 Å². The van der Waals surface area contributed by atoms with E-state index in [4.69, 9.17) is 4.74 Å². The standard InChI is InChI=1S/C21H23FN6O/c1-27(2)21-24-9-15(10-25-21)13-28-7-8-29-20(14-28)19-12-23-11-18(26-19)16-5-3-4-6-17(16)22/h3-6,9-12,20H,7-8,13-14H2,1-2H3/t20-/m0/s1.